The van der Waals surface area contributed by atoms with Crippen molar-refractivity contribution < 1.29 is 13.9 Å². The van der Waals surface area contributed by atoms with Gasteiger partial charge in [0, 0.05) is 18.2 Å². The van der Waals surface area contributed by atoms with Crippen LogP contribution in [0.25, 0.3) is 0 Å². The Morgan fingerprint density at radius 1 is 1.04 bits per heavy atom. The molecule has 0 unspecified atom stereocenters. The fourth-order valence-electron chi connectivity index (χ4n) is 3.32. The monoisotopic (exact) mass is 355 g/mol. The Balaban J connectivity index is 1.34. The van der Waals surface area contributed by atoms with E-state index >= 15 is 0 Å². The third-order valence-corrected chi connectivity index (χ3v) is 4.80. The second kappa shape index (κ2) is 7.23. The molecule has 0 bridgehead atoms. The van der Waals surface area contributed by atoms with Crippen molar-refractivity contribution in [1.82, 2.24) is 0 Å². The van der Waals surface area contributed by atoms with E-state index in [-0.39, 0.29) is 11.9 Å². The zero-order valence-electron chi connectivity index (χ0n) is 14.5. The Labute approximate surface area is 152 Å². The van der Waals surface area contributed by atoms with E-state index in [4.69, 9.17) is 15.2 Å². The standard InChI is InChI=1S/C20H22FN3O2/c21-15-4-2-13(3-5-15)14-10-17(11-14)24-20(22)23-16-6-7-18-19(12-16)26-9-1-8-25-18/h2-7,12,14,17H,1,8-11H2,(H3,22,23,24). The summed E-state index contributed by atoms with van der Waals surface area (Å²) in [7, 11) is 0. The van der Waals surface area contributed by atoms with Crippen LogP contribution in [0.15, 0.2) is 47.5 Å². The van der Waals surface area contributed by atoms with Crippen LogP contribution in [0.2, 0.25) is 0 Å². The summed E-state index contributed by atoms with van der Waals surface area (Å²) in [6, 6.07) is 12.6. The number of nitrogens with two attached hydrogens (primary N) is 1. The molecule has 0 atom stereocenters. The van der Waals surface area contributed by atoms with Crippen molar-refractivity contribution in [2.24, 2.45) is 10.7 Å². The molecule has 1 heterocycles. The molecule has 0 spiro atoms. The molecule has 4 rings (SSSR count). The largest absolute Gasteiger partial charge is 0.490 e. The Morgan fingerprint density at radius 2 is 1.77 bits per heavy atom. The zero-order chi connectivity index (χ0) is 17.9. The van der Waals surface area contributed by atoms with Gasteiger partial charge < -0.3 is 20.5 Å². The molecule has 2 aromatic rings. The van der Waals surface area contributed by atoms with Gasteiger partial charge in [-0.15, -0.1) is 0 Å². The molecule has 1 aliphatic heterocycles. The number of aliphatic imine (C=N–C) groups is 1. The molecular formula is C20H22FN3O2. The highest BCUT2D eigenvalue weighted by molar-refractivity contribution is 5.92. The summed E-state index contributed by atoms with van der Waals surface area (Å²) in [5.41, 5.74) is 8.03. The van der Waals surface area contributed by atoms with Crippen LogP contribution >= 0.6 is 0 Å². The maximum Gasteiger partial charge on any atom is 0.193 e. The molecule has 2 aromatic carbocycles. The van der Waals surface area contributed by atoms with Crippen molar-refractivity contribution in [1.29, 1.82) is 0 Å². The van der Waals surface area contributed by atoms with E-state index in [1.807, 2.05) is 30.3 Å². The van der Waals surface area contributed by atoms with Crippen LogP contribution in [0.4, 0.5) is 10.1 Å². The Hall–Kier alpha value is -2.76. The fourth-order valence-corrected chi connectivity index (χ4v) is 3.32. The number of rotatable bonds is 3. The number of hydrogen-bond acceptors (Lipinski definition) is 3. The van der Waals surface area contributed by atoms with Gasteiger partial charge in [0.05, 0.1) is 19.3 Å². The van der Waals surface area contributed by atoms with Crippen LogP contribution in [-0.2, 0) is 0 Å². The quantitative estimate of drug-likeness (QED) is 0.651. The third-order valence-electron chi connectivity index (χ3n) is 4.80. The number of fused-ring (bicyclic) bond motifs is 1. The molecule has 0 saturated heterocycles. The predicted molar refractivity (Wildman–Crippen MR) is 99.5 cm³/mol. The lowest BCUT2D eigenvalue weighted by molar-refractivity contribution is 0.297. The lowest BCUT2D eigenvalue weighted by Crippen LogP contribution is -2.31. The number of nitrogens with one attached hydrogen (secondary N) is 1. The SMILES string of the molecule is NC(=NC1CC(c2ccc(F)cc2)C1)Nc1ccc2c(c1)OCCCO2. The first-order chi connectivity index (χ1) is 12.7. The summed E-state index contributed by atoms with van der Waals surface area (Å²) >= 11 is 0. The summed E-state index contributed by atoms with van der Waals surface area (Å²) in [6.07, 6.45) is 2.72. The Bertz CT molecular complexity index is 801. The molecule has 26 heavy (non-hydrogen) atoms. The first-order valence-corrected chi connectivity index (χ1v) is 8.93. The number of anilines is 1. The second-order valence-corrected chi connectivity index (χ2v) is 6.73. The highest BCUT2D eigenvalue weighted by Crippen LogP contribution is 2.39. The van der Waals surface area contributed by atoms with E-state index in [0.29, 0.717) is 25.1 Å². The minimum absolute atomic E-state index is 0.193. The van der Waals surface area contributed by atoms with E-state index in [2.05, 4.69) is 10.3 Å². The smallest absolute Gasteiger partial charge is 0.193 e. The average molecular weight is 355 g/mol. The first-order valence-electron chi connectivity index (χ1n) is 8.93. The van der Waals surface area contributed by atoms with Gasteiger partial charge in [-0.1, -0.05) is 12.1 Å². The molecular weight excluding hydrogens is 333 g/mol. The lowest BCUT2D eigenvalue weighted by Gasteiger charge is -2.33. The van der Waals surface area contributed by atoms with E-state index < -0.39 is 0 Å². The van der Waals surface area contributed by atoms with Crippen molar-refractivity contribution in [2.45, 2.75) is 31.2 Å². The third kappa shape index (κ3) is 3.74. The molecule has 1 aliphatic carbocycles. The lowest BCUT2D eigenvalue weighted by atomic mass is 9.76. The van der Waals surface area contributed by atoms with Crippen LogP contribution in [0, 0.1) is 5.82 Å². The van der Waals surface area contributed by atoms with Gasteiger partial charge in [0.2, 0.25) is 0 Å². The molecule has 2 aliphatic rings. The molecule has 6 heteroatoms. The molecule has 1 fully saturated rings. The molecule has 1 saturated carbocycles. The fraction of sp³-hybridized carbons (Fsp3) is 0.350. The van der Waals surface area contributed by atoms with Gasteiger partial charge in [0.15, 0.2) is 17.5 Å². The van der Waals surface area contributed by atoms with Crippen LogP contribution in [0.1, 0.15) is 30.7 Å². The van der Waals surface area contributed by atoms with Crippen molar-refractivity contribution in [3.8, 4) is 11.5 Å². The summed E-state index contributed by atoms with van der Waals surface area (Å²) < 4.78 is 24.3. The van der Waals surface area contributed by atoms with Gasteiger partial charge in [-0.05, 0) is 48.6 Å². The van der Waals surface area contributed by atoms with Gasteiger partial charge in [-0.25, -0.2) is 9.38 Å². The number of ether oxygens (including phenoxy) is 2. The van der Waals surface area contributed by atoms with Crippen molar-refractivity contribution in [3.05, 3.63) is 53.8 Å². The minimum atomic E-state index is -0.203. The highest BCUT2D eigenvalue weighted by atomic mass is 19.1. The maximum atomic E-state index is 13.0. The number of benzene rings is 2. The number of nitrogens with zero attached hydrogens (tertiary/aromatic N) is 1. The summed E-state index contributed by atoms with van der Waals surface area (Å²) in [6.45, 7) is 1.31. The first kappa shape index (κ1) is 16.7. The van der Waals surface area contributed by atoms with Crippen LogP contribution in [0.5, 0.6) is 11.5 Å². The number of halogens is 1. The van der Waals surface area contributed by atoms with E-state index in [0.717, 1.165) is 42.0 Å². The number of guanidine groups is 1. The van der Waals surface area contributed by atoms with Gasteiger partial charge in [0.1, 0.15) is 5.82 Å². The second-order valence-electron chi connectivity index (χ2n) is 6.73. The maximum absolute atomic E-state index is 13.0. The minimum Gasteiger partial charge on any atom is -0.490 e. The van der Waals surface area contributed by atoms with Gasteiger partial charge in [0.25, 0.3) is 0 Å². The summed E-state index contributed by atoms with van der Waals surface area (Å²) in [5, 5.41) is 3.12. The van der Waals surface area contributed by atoms with Crippen LogP contribution < -0.4 is 20.5 Å². The van der Waals surface area contributed by atoms with Crippen molar-refractivity contribution >= 4 is 11.6 Å². The summed E-state index contributed by atoms with van der Waals surface area (Å²) in [4.78, 5) is 4.54. The molecule has 136 valence electrons. The molecule has 3 N–H and O–H groups in total. The number of hydrogen-bond donors (Lipinski definition) is 2. The molecule has 0 amide bonds. The van der Waals surface area contributed by atoms with E-state index in [9.17, 15) is 4.39 Å². The average Bonchev–Trinajstić information content (AvgIpc) is 2.84. The normalized spacial score (nSPS) is 22.3. The Kier molecular flexibility index (Phi) is 4.65. The Morgan fingerprint density at radius 3 is 2.54 bits per heavy atom. The van der Waals surface area contributed by atoms with Crippen molar-refractivity contribution in [2.75, 3.05) is 18.5 Å². The zero-order valence-corrected chi connectivity index (χ0v) is 14.5. The van der Waals surface area contributed by atoms with Crippen molar-refractivity contribution in [3.63, 3.8) is 0 Å². The topological polar surface area (TPSA) is 68.9 Å². The van der Waals surface area contributed by atoms with Crippen LogP contribution in [0.3, 0.4) is 0 Å². The molecule has 0 radical (unpaired) electrons. The van der Waals surface area contributed by atoms with Crippen LogP contribution in [-0.4, -0.2) is 25.2 Å². The molecule has 5 nitrogen and oxygen atoms in total. The predicted octanol–water partition coefficient (Wildman–Crippen LogP) is 3.66. The van der Waals surface area contributed by atoms with Gasteiger partial charge in [-0.3, -0.25) is 0 Å². The van der Waals surface area contributed by atoms with Gasteiger partial charge >= 0.3 is 0 Å². The molecule has 0 aromatic heterocycles. The van der Waals surface area contributed by atoms with Gasteiger partial charge in [-0.2, -0.15) is 0 Å². The highest BCUT2D eigenvalue weighted by Gasteiger charge is 2.30. The van der Waals surface area contributed by atoms with E-state index in [1.54, 1.807) is 0 Å². The van der Waals surface area contributed by atoms with E-state index in [1.165, 1.54) is 12.1 Å². The summed E-state index contributed by atoms with van der Waals surface area (Å²) in [5.74, 6) is 2.09.